The minimum atomic E-state index is -0.200. The molecule has 4 nitrogen and oxygen atoms in total. The fraction of sp³-hybridized carbons (Fsp3) is 0.179. The SMILES string of the molecule is Cc1ccc(N(c2ccc(-c3ccccc3)cc2)c2cc(C(C)(C)C(C)C(C)C)cc(N(c3ccc(C)cc3)c3ccc(-c4ccccc4)cn3)c2-c2ccncc2)cc1. The predicted octanol–water partition coefficient (Wildman–Crippen LogP) is 15.6. The summed E-state index contributed by atoms with van der Waals surface area (Å²) in [6.45, 7) is 16.2. The van der Waals surface area contributed by atoms with E-state index in [1.807, 2.05) is 18.6 Å². The van der Waals surface area contributed by atoms with E-state index in [0.29, 0.717) is 11.8 Å². The summed E-state index contributed by atoms with van der Waals surface area (Å²) in [6.07, 6.45) is 5.80. The standard InChI is InChI=1S/C56H54N4/c1-39(2)42(5)56(6,7)48-36-52(59(49-25-18-40(3)19-26-49)50-29-22-45(23-30-50)43-14-10-8-11-15-43)55(46-32-34-57-35-33-46)53(37-48)60(51-27-20-41(4)21-28-51)54-31-24-47(38-58-54)44-16-12-9-13-17-44/h8-39,42H,1-7H3. The summed E-state index contributed by atoms with van der Waals surface area (Å²) in [6, 6.07) is 61.3. The van der Waals surface area contributed by atoms with Crippen molar-refractivity contribution in [3.63, 3.8) is 0 Å². The second-order valence-corrected chi connectivity index (χ2v) is 16.9. The summed E-state index contributed by atoms with van der Waals surface area (Å²) in [7, 11) is 0. The molecule has 8 aromatic rings. The smallest absolute Gasteiger partial charge is 0.137 e. The summed E-state index contributed by atoms with van der Waals surface area (Å²) in [5, 5.41) is 0. The van der Waals surface area contributed by atoms with Gasteiger partial charge in [-0.1, -0.05) is 143 Å². The molecule has 0 fully saturated rings. The Morgan fingerprint density at radius 3 is 1.42 bits per heavy atom. The number of hydrogen-bond donors (Lipinski definition) is 0. The van der Waals surface area contributed by atoms with E-state index in [0.717, 1.165) is 56.5 Å². The lowest BCUT2D eigenvalue weighted by Crippen LogP contribution is -2.31. The molecule has 0 N–H and O–H groups in total. The zero-order valence-electron chi connectivity index (χ0n) is 35.8. The van der Waals surface area contributed by atoms with Crippen LogP contribution in [0.25, 0.3) is 33.4 Å². The van der Waals surface area contributed by atoms with Gasteiger partial charge in [-0.15, -0.1) is 0 Å². The number of aromatic nitrogens is 2. The first kappa shape index (κ1) is 40.0. The van der Waals surface area contributed by atoms with Crippen LogP contribution < -0.4 is 9.80 Å². The minimum Gasteiger partial charge on any atom is -0.310 e. The maximum absolute atomic E-state index is 5.26. The fourth-order valence-corrected chi connectivity index (χ4v) is 8.21. The third kappa shape index (κ3) is 8.24. The zero-order valence-corrected chi connectivity index (χ0v) is 35.8. The number of anilines is 6. The maximum Gasteiger partial charge on any atom is 0.137 e. The Labute approximate surface area is 356 Å². The van der Waals surface area contributed by atoms with Crippen LogP contribution in [0.3, 0.4) is 0 Å². The summed E-state index contributed by atoms with van der Waals surface area (Å²) in [5.74, 6) is 1.67. The van der Waals surface area contributed by atoms with E-state index in [9.17, 15) is 0 Å². The van der Waals surface area contributed by atoms with Crippen molar-refractivity contribution in [2.45, 2.75) is 53.9 Å². The average Bonchev–Trinajstić information content (AvgIpc) is 3.29. The van der Waals surface area contributed by atoms with Gasteiger partial charge in [-0.25, -0.2) is 4.98 Å². The van der Waals surface area contributed by atoms with Crippen LogP contribution >= 0.6 is 0 Å². The third-order valence-electron chi connectivity index (χ3n) is 12.3. The molecule has 0 aliphatic carbocycles. The van der Waals surface area contributed by atoms with Crippen molar-refractivity contribution < 1.29 is 0 Å². The molecule has 2 heterocycles. The van der Waals surface area contributed by atoms with Gasteiger partial charge in [0.25, 0.3) is 0 Å². The molecule has 1 atom stereocenters. The van der Waals surface area contributed by atoms with E-state index in [1.165, 1.54) is 27.8 Å². The molecule has 0 spiro atoms. The van der Waals surface area contributed by atoms with E-state index < -0.39 is 0 Å². The Kier molecular flexibility index (Phi) is 11.5. The van der Waals surface area contributed by atoms with E-state index in [4.69, 9.17) is 4.98 Å². The van der Waals surface area contributed by atoms with Crippen LogP contribution in [0.2, 0.25) is 0 Å². The number of benzene rings is 6. The summed E-state index contributed by atoms with van der Waals surface area (Å²) < 4.78 is 0. The highest BCUT2D eigenvalue weighted by Gasteiger charge is 2.34. The Balaban J connectivity index is 1.46. The first-order valence-electron chi connectivity index (χ1n) is 21.1. The monoisotopic (exact) mass is 782 g/mol. The lowest BCUT2D eigenvalue weighted by Gasteiger charge is -2.39. The number of nitrogens with zero attached hydrogens (tertiary/aromatic N) is 4. The first-order valence-corrected chi connectivity index (χ1v) is 21.1. The lowest BCUT2D eigenvalue weighted by atomic mass is 9.69. The van der Waals surface area contributed by atoms with E-state index in [2.05, 4.69) is 233 Å². The van der Waals surface area contributed by atoms with Crippen molar-refractivity contribution in [2.24, 2.45) is 11.8 Å². The van der Waals surface area contributed by atoms with Gasteiger partial charge in [-0.05, 0) is 132 Å². The van der Waals surface area contributed by atoms with Crippen LogP contribution in [-0.2, 0) is 5.41 Å². The summed E-state index contributed by atoms with van der Waals surface area (Å²) in [5.41, 5.74) is 15.5. The highest BCUT2D eigenvalue weighted by atomic mass is 15.2. The van der Waals surface area contributed by atoms with Gasteiger partial charge in [0.2, 0.25) is 0 Å². The Morgan fingerprint density at radius 2 is 0.917 bits per heavy atom. The molecule has 60 heavy (non-hydrogen) atoms. The Bertz CT molecular complexity index is 2480. The van der Waals surface area contributed by atoms with E-state index >= 15 is 0 Å². The molecular formula is C56H54N4. The number of pyridine rings is 2. The molecule has 0 aliphatic heterocycles. The molecule has 0 radical (unpaired) electrons. The molecule has 0 saturated carbocycles. The lowest BCUT2D eigenvalue weighted by molar-refractivity contribution is 0.264. The van der Waals surface area contributed by atoms with Crippen molar-refractivity contribution in [2.75, 3.05) is 9.80 Å². The zero-order chi connectivity index (χ0) is 41.8. The van der Waals surface area contributed by atoms with Gasteiger partial charge in [0.1, 0.15) is 5.82 Å². The van der Waals surface area contributed by atoms with Crippen LogP contribution in [0.1, 0.15) is 51.3 Å². The molecule has 0 amide bonds. The molecule has 4 heteroatoms. The van der Waals surface area contributed by atoms with Gasteiger partial charge < -0.3 is 4.90 Å². The van der Waals surface area contributed by atoms with Gasteiger partial charge in [0.05, 0.1) is 11.4 Å². The Morgan fingerprint density at radius 1 is 0.467 bits per heavy atom. The molecular weight excluding hydrogens is 729 g/mol. The molecule has 6 aromatic carbocycles. The molecule has 298 valence electrons. The second-order valence-electron chi connectivity index (χ2n) is 16.9. The quantitative estimate of drug-likeness (QED) is 0.124. The molecule has 0 bridgehead atoms. The van der Waals surface area contributed by atoms with Gasteiger partial charge >= 0.3 is 0 Å². The highest BCUT2D eigenvalue weighted by molar-refractivity contribution is 5.99. The van der Waals surface area contributed by atoms with Crippen LogP contribution in [-0.4, -0.2) is 9.97 Å². The van der Waals surface area contributed by atoms with Crippen molar-refractivity contribution >= 4 is 34.3 Å². The van der Waals surface area contributed by atoms with Crippen LogP contribution in [0.15, 0.2) is 188 Å². The number of aryl methyl sites for hydroxylation is 2. The predicted molar refractivity (Wildman–Crippen MR) is 254 cm³/mol. The normalized spacial score (nSPS) is 12.0. The first-order chi connectivity index (χ1) is 29.1. The molecule has 1 unspecified atom stereocenters. The van der Waals surface area contributed by atoms with Crippen LogP contribution in [0.5, 0.6) is 0 Å². The molecule has 0 saturated heterocycles. The second kappa shape index (κ2) is 17.2. The van der Waals surface area contributed by atoms with Crippen molar-refractivity contribution in [1.82, 2.24) is 9.97 Å². The van der Waals surface area contributed by atoms with Gasteiger partial charge in [0.15, 0.2) is 0 Å². The number of rotatable bonds is 12. The largest absolute Gasteiger partial charge is 0.310 e. The van der Waals surface area contributed by atoms with Gasteiger partial charge in [0, 0.05) is 46.8 Å². The summed E-state index contributed by atoms with van der Waals surface area (Å²) >= 11 is 0. The molecule has 8 rings (SSSR count). The number of hydrogen-bond acceptors (Lipinski definition) is 4. The fourth-order valence-electron chi connectivity index (χ4n) is 8.21. The minimum absolute atomic E-state index is 0.200. The van der Waals surface area contributed by atoms with Crippen LogP contribution in [0.4, 0.5) is 34.3 Å². The van der Waals surface area contributed by atoms with Crippen molar-refractivity contribution in [3.8, 4) is 33.4 Å². The molecule has 0 aliphatic rings. The van der Waals surface area contributed by atoms with Gasteiger partial charge in [-0.3, -0.25) is 9.88 Å². The highest BCUT2D eigenvalue weighted by Crippen LogP contribution is 2.52. The van der Waals surface area contributed by atoms with Crippen molar-refractivity contribution in [1.29, 1.82) is 0 Å². The Hall–Kier alpha value is -6.78. The third-order valence-corrected chi connectivity index (χ3v) is 12.3. The average molecular weight is 783 g/mol. The summed E-state index contributed by atoms with van der Waals surface area (Å²) in [4.78, 5) is 14.6. The van der Waals surface area contributed by atoms with Crippen LogP contribution in [0, 0.1) is 25.7 Å². The van der Waals surface area contributed by atoms with E-state index in [-0.39, 0.29) is 5.41 Å². The molecule has 2 aromatic heterocycles. The van der Waals surface area contributed by atoms with E-state index in [1.54, 1.807) is 0 Å². The van der Waals surface area contributed by atoms with Gasteiger partial charge in [-0.2, -0.15) is 0 Å². The van der Waals surface area contributed by atoms with Crippen molar-refractivity contribution in [3.05, 3.63) is 205 Å². The topological polar surface area (TPSA) is 32.3 Å². The maximum atomic E-state index is 5.26.